The number of hydrogen-bond acceptors (Lipinski definition) is 5. The van der Waals surface area contributed by atoms with Gasteiger partial charge in [0.25, 0.3) is 0 Å². The van der Waals surface area contributed by atoms with Gasteiger partial charge in [0.1, 0.15) is 13.2 Å². The molecule has 1 aromatic carbocycles. The van der Waals surface area contributed by atoms with Gasteiger partial charge in [0.05, 0.1) is 16.7 Å². The number of oxazole rings is 1. The molecule has 0 saturated carbocycles. The average molecular weight is 271 g/mol. The van der Waals surface area contributed by atoms with Gasteiger partial charge in [0.15, 0.2) is 29.0 Å². The summed E-state index contributed by atoms with van der Waals surface area (Å²) in [5.74, 6) is 3.43. The van der Waals surface area contributed by atoms with Crippen molar-refractivity contribution in [2.75, 3.05) is 13.2 Å². The van der Waals surface area contributed by atoms with E-state index in [9.17, 15) is 0 Å². The molecule has 1 aliphatic rings. The van der Waals surface area contributed by atoms with Crippen LogP contribution in [0, 0.1) is 13.8 Å². The molecule has 0 unspecified atom stereocenters. The Morgan fingerprint density at radius 2 is 1.80 bits per heavy atom. The zero-order chi connectivity index (χ0) is 13.7. The third kappa shape index (κ3) is 1.65. The van der Waals surface area contributed by atoms with Crippen molar-refractivity contribution in [3.63, 3.8) is 0 Å². The number of hydrogen-bond donors (Lipinski definition) is 1. The number of aryl methyl sites for hydroxylation is 2. The van der Waals surface area contributed by atoms with E-state index in [-0.39, 0.29) is 0 Å². The third-order valence-electron chi connectivity index (χ3n) is 3.26. The SMILES string of the molecule is Cc1nc(C)c(-c2nc3cc4c(cc3[nH]2)OCCO4)o1. The number of aromatic amines is 1. The lowest BCUT2D eigenvalue weighted by Crippen LogP contribution is -2.15. The number of nitrogens with zero attached hydrogens (tertiary/aromatic N) is 2. The highest BCUT2D eigenvalue weighted by molar-refractivity contribution is 5.82. The lowest BCUT2D eigenvalue weighted by Gasteiger charge is -2.17. The standard InChI is InChI=1S/C14H13N3O3/c1-7-13(20-8(2)15-7)14-16-9-5-11-12(6-10(9)17-14)19-4-3-18-11/h5-6H,3-4H2,1-2H3,(H,16,17). The van der Waals surface area contributed by atoms with Crippen LogP contribution in [0.4, 0.5) is 0 Å². The number of aromatic nitrogens is 3. The van der Waals surface area contributed by atoms with Gasteiger partial charge in [-0.1, -0.05) is 0 Å². The van der Waals surface area contributed by atoms with Gasteiger partial charge in [0.2, 0.25) is 0 Å². The molecule has 3 aromatic rings. The minimum Gasteiger partial charge on any atom is -0.486 e. The van der Waals surface area contributed by atoms with Crippen molar-refractivity contribution in [2.45, 2.75) is 13.8 Å². The zero-order valence-electron chi connectivity index (χ0n) is 11.2. The van der Waals surface area contributed by atoms with E-state index in [1.165, 1.54) is 0 Å². The van der Waals surface area contributed by atoms with Gasteiger partial charge in [-0.25, -0.2) is 9.97 Å². The quantitative estimate of drug-likeness (QED) is 0.736. The van der Waals surface area contributed by atoms with Crippen LogP contribution in [0.15, 0.2) is 16.5 Å². The van der Waals surface area contributed by atoms with E-state index >= 15 is 0 Å². The molecule has 0 atom stereocenters. The van der Waals surface area contributed by atoms with Crippen molar-refractivity contribution in [1.82, 2.24) is 15.0 Å². The Bertz CT molecular complexity index is 760. The molecule has 6 heteroatoms. The Balaban J connectivity index is 1.88. The second-order valence-electron chi connectivity index (χ2n) is 4.75. The maximum atomic E-state index is 5.59. The number of H-pyrrole nitrogens is 1. The van der Waals surface area contributed by atoms with Gasteiger partial charge in [0, 0.05) is 19.1 Å². The van der Waals surface area contributed by atoms with E-state index in [4.69, 9.17) is 13.9 Å². The van der Waals surface area contributed by atoms with Gasteiger partial charge in [-0.05, 0) is 6.92 Å². The van der Waals surface area contributed by atoms with Gasteiger partial charge >= 0.3 is 0 Å². The smallest absolute Gasteiger partial charge is 0.192 e. The van der Waals surface area contributed by atoms with Crippen LogP contribution in [0.2, 0.25) is 0 Å². The second-order valence-corrected chi connectivity index (χ2v) is 4.75. The molecular weight excluding hydrogens is 258 g/mol. The maximum absolute atomic E-state index is 5.59. The molecule has 6 nitrogen and oxygen atoms in total. The summed E-state index contributed by atoms with van der Waals surface area (Å²) in [7, 11) is 0. The lowest BCUT2D eigenvalue weighted by atomic mass is 10.2. The summed E-state index contributed by atoms with van der Waals surface area (Å²) >= 11 is 0. The van der Waals surface area contributed by atoms with Crippen LogP contribution >= 0.6 is 0 Å². The Labute approximate surface area is 114 Å². The Kier molecular flexibility index (Phi) is 2.26. The van der Waals surface area contributed by atoms with Crippen LogP contribution in [0.5, 0.6) is 11.5 Å². The predicted octanol–water partition coefficient (Wildman–Crippen LogP) is 2.61. The molecule has 1 aliphatic heterocycles. The molecule has 0 aliphatic carbocycles. The first-order valence-corrected chi connectivity index (χ1v) is 6.44. The molecule has 1 N–H and O–H groups in total. The molecule has 2 aromatic heterocycles. The topological polar surface area (TPSA) is 73.2 Å². The molecule has 0 spiro atoms. The Morgan fingerprint density at radius 1 is 1.05 bits per heavy atom. The van der Waals surface area contributed by atoms with Crippen LogP contribution in [0.25, 0.3) is 22.6 Å². The van der Waals surface area contributed by atoms with E-state index in [2.05, 4.69) is 15.0 Å². The van der Waals surface area contributed by atoms with E-state index in [0.29, 0.717) is 30.7 Å². The highest BCUT2D eigenvalue weighted by atomic mass is 16.6. The molecule has 20 heavy (non-hydrogen) atoms. The fourth-order valence-electron chi connectivity index (χ4n) is 2.41. The first kappa shape index (κ1) is 11.3. The van der Waals surface area contributed by atoms with Crippen molar-refractivity contribution in [3.05, 3.63) is 23.7 Å². The van der Waals surface area contributed by atoms with Gasteiger partial charge in [-0.3, -0.25) is 0 Å². The molecule has 4 rings (SSSR count). The molecule has 0 fully saturated rings. The molecule has 0 amide bonds. The summed E-state index contributed by atoms with van der Waals surface area (Å²) in [4.78, 5) is 12.0. The van der Waals surface area contributed by atoms with E-state index in [1.54, 1.807) is 0 Å². The second kappa shape index (κ2) is 4.00. The summed E-state index contributed by atoms with van der Waals surface area (Å²) in [6.07, 6.45) is 0. The van der Waals surface area contributed by atoms with Crippen molar-refractivity contribution in [1.29, 1.82) is 0 Å². The highest BCUT2D eigenvalue weighted by Gasteiger charge is 2.18. The molecule has 0 saturated heterocycles. The van der Waals surface area contributed by atoms with Crippen LogP contribution in [-0.2, 0) is 0 Å². The zero-order valence-corrected chi connectivity index (χ0v) is 11.2. The lowest BCUT2D eigenvalue weighted by molar-refractivity contribution is 0.172. The maximum Gasteiger partial charge on any atom is 0.192 e. The largest absolute Gasteiger partial charge is 0.486 e. The van der Waals surface area contributed by atoms with Crippen molar-refractivity contribution < 1.29 is 13.9 Å². The van der Waals surface area contributed by atoms with E-state index < -0.39 is 0 Å². The average Bonchev–Trinajstić information content (AvgIpc) is 2.98. The summed E-state index contributed by atoms with van der Waals surface area (Å²) in [6, 6.07) is 3.78. The number of imidazole rings is 1. The molecule has 0 bridgehead atoms. The highest BCUT2D eigenvalue weighted by Crippen LogP contribution is 2.35. The Hall–Kier alpha value is -2.50. The summed E-state index contributed by atoms with van der Waals surface area (Å²) in [5.41, 5.74) is 2.52. The van der Waals surface area contributed by atoms with Gasteiger partial charge in [-0.15, -0.1) is 0 Å². The first-order valence-electron chi connectivity index (χ1n) is 6.44. The number of fused-ring (bicyclic) bond motifs is 2. The van der Waals surface area contributed by atoms with Crippen molar-refractivity contribution >= 4 is 11.0 Å². The Morgan fingerprint density at radius 3 is 2.50 bits per heavy atom. The third-order valence-corrected chi connectivity index (χ3v) is 3.26. The molecular formula is C14H13N3O3. The fourth-order valence-corrected chi connectivity index (χ4v) is 2.41. The minimum atomic E-state index is 0.566. The summed E-state index contributed by atoms with van der Waals surface area (Å²) in [6.45, 7) is 4.85. The summed E-state index contributed by atoms with van der Waals surface area (Å²) in [5, 5.41) is 0. The van der Waals surface area contributed by atoms with Crippen molar-refractivity contribution in [3.8, 4) is 23.1 Å². The number of benzene rings is 1. The van der Waals surface area contributed by atoms with Crippen LogP contribution in [0.1, 0.15) is 11.6 Å². The fraction of sp³-hybridized carbons (Fsp3) is 0.286. The summed E-state index contributed by atoms with van der Waals surface area (Å²) < 4.78 is 16.7. The predicted molar refractivity (Wildman–Crippen MR) is 72.1 cm³/mol. The van der Waals surface area contributed by atoms with Crippen LogP contribution in [-0.4, -0.2) is 28.2 Å². The molecule has 102 valence electrons. The normalized spacial score (nSPS) is 13.9. The van der Waals surface area contributed by atoms with Crippen molar-refractivity contribution in [2.24, 2.45) is 0 Å². The number of nitrogens with one attached hydrogen (secondary N) is 1. The number of rotatable bonds is 1. The van der Waals surface area contributed by atoms with E-state index in [1.807, 2.05) is 26.0 Å². The van der Waals surface area contributed by atoms with Gasteiger partial charge in [-0.2, -0.15) is 0 Å². The molecule has 3 heterocycles. The minimum absolute atomic E-state index is 0.566. The van der Waals surface area contributed by atoms with Crippen LogP contribution in [0.3, 0.4) is 0 Å². The van der Waals surface area contributed by atoms with Crippen LogP contribution < -0.4 is 9.47 Å². The van der Waals surface area contributed by atoms with Gasteiger partial charge < -0.3 is 18.9 Å². The van der Waals surface area contributed by atoms with E-state index in [0.717, 1.165) is 28.2 Å². The first-order chi connectivity index (χ1) is 9.70. The monoisotopic (exact) mass is 271 g/mol. The number of ether oxygens (including phenoxy) is 2. The molecule has 0 radical (unpaired) electrons.